The second-order valence-corrected chi connectivity index (χ2v) is 3.76. The first-order valence-corrected chi connectivity index (χ1v) is 5.80. The average Bonchev–Trinajstić information content (AvgIpc) is 2.78. The van der Waals surface area contributed by atoms with E-state index in [-0.39, 0.29) is 5.88 Å². The molecule has 17 heavy (non-hydrogen) atoms. The summed E-state index contributed by atoms with van der Waals surface area (Å²) >= 11 is 5.28. The van der Waals surface area contributed by atoms with E-state index in [4.69, 9.17) is 16.5 Å². The van der Waals surface area contributed by atoms with Crippen LogP contribution in [0.2, 0.25) is 0 Å². The second-order valence-electron chi connectivity index (χ2n) is 3.49. The highest BCUT2D eigenvalue weighted by Crippen LogP contribution is 2.22. The smallest absolute Gasteiger partial charge is 0.348 e. The quantitative estimate of drug-likeness (QED) is 0.478. The van der Waals surface area contributed by atoms with Crippen molar-refractivity contribution in [3.05, 3.63) is 30.5 Å². The number of nitrogens with zero attached hydrogens (tertiary/aromatic N) is 1. The van der Waals surface area contributed by atoms with Gasteiger partial charge in [-0.3, -0.25) is 4.89 Å². The van der Waals surface area contributed by atoms with Gasteiger partial charge < -0.3 is 4.57 Å². The zero-order valence-electron chi connectivity index (χ0n) is 9.35. The third kappa shape index (κ3) is 2.53. The molecule has 0 saturated heterocycles. The number of hydrogen-bond acceptors (Lipinski definition) is 3. The van der Waals surface area contributed by atoms with Crippen LogP contribution in [0.4, 0.5) is 0 Å². The first-order valence-electron chi connectivity index (χ1n) is 5.27. The van der Waals surface area contributed by atoms with E-state index in [1.54, 1.807) is 6.07 Å². The van der Waals surface area contributed by atoms with Gasteiger partial charge >= 0.3 is 5.97 Å². The van der Waals surface area contributed by atoms with Crippen molar-refractivity contribution in [1.82, 2.24) is 4.57 Å². The predicted octanol–water partition coefficient (Wildman–Crippen LogP) is 2.74. The summed E-state index contributed by atoms with van der Waals surface area (Å²) in [5.41, 5.74) is 1.03. The average molecular weight is 254 g/mol. The third-order valence-electron chi connectivity index (χ3n) is 2.43. The lowest BCUT2D eigenvalue weighted by atomic mass is 10.2. The summed E-state index contributed by atoms with van der Waals surface area (Å²) in [7, 11) is 0. The number of carbonyl (C=O) groups is 1. The molecule has 0 bridgehead atoms. The minimum atomic E-state index is -0.613. The van der Waals surface area contributed by atoms with Gasteiger partial charge in [0.05, 0.1) is 5.52 Å². The molecular formula is C12H12ClNO3. The van der Waals surface area contributed by atoms with Crippen molar-refractivity contribution in [2.45, 2.75) is 13.5 Å². The van der Waals surface area contributed by atoms with Gasteiger partial charge in [0.1, 0.15) is 5.88 Å². The molecule has 0 aliphatic heterocycles. The third-order valence-corrected chi connectivity index (χ3v) is 2.64. The molecule has 0 aliphatic carbocycles. The maximum Gasteiger partial charge on any atom is 0.370 e. The molecule has 0 saturated carbocycles. The van der Waals surface area contributed by atoms with E-state index in [0.717, 1.165) is 17.4 Å². The summed E-state index contributed by atoms with van der Waals surface area (Å²) in [6.07, 6.45) is 2.00. The Hall–Kier alpha value is -1.68. The fourth-order valence-electron chi connectivity index (χ4n) is 1.61. The van der Waals surface area contributed by atoms with Crippen LogP contribution in [0.15, 0.2) is 30.5 Å². The number of halogens is 1. The molecule has 0 fully saturated rings. The van der Waals surface area contributed by atoms with Crippen LogP contribution in [0, 0.1) is 0 Å². The minimum absolute atomic E-state index is 0.229. The summed E-state index contributed by atoms with van der Waals surface area (Å²) in [5.74, 6) is -0.366. The van der Waals surface area contributed by atoms with Crippen LogP contribution in [-0.2, 0) is 16.2 Å². The fraction of sp³-hybridized carbons (Fsp3) is 0.250. The summed E-state index contributed by atoms with van der Waals surface area (Å²) in [6, 6.07) is 7.49. The molecule has 1 aromatic heterocycles. The zero-order chi connectivity index (χ0) is 12.3. The highest BCUT2D eigenvalue weighted by molar-refractivity contribution is 6.26. The molecule has 0 radical (unpaired) electrons. The largest absolute Gasteiger partial charge is 0.370 e. The first-order chi connectivity index (χ1) is 8.24. The number of alkyl halides is 1. The Morgan fingerprint density at radius 1 is 1.41 bits per heavy atom. The van der Waals surface area contributed by atoms with Gasteiger partial charge in [0.15, 0.2) is 5.75 Å². The van der Waals surface area contributed by atoms with Crippen LogP contribution < -0.4 is 4.89 Å². The molecular weight excluding hydrogens is 242 g/mol. The van der Waals surface area contributed by atoms with E-state index in [9.17, 15) is 4.79 Å². The van der Waals surface area contributed by atoms with Crippen LogP contribution in [0.25, 0.3) is 10.9 Å². The van der Waals surface area contributed by atoms with Gasteiger partial charge in [0, 0.05) is 18.8 Å². The molecule has 4 nitrogen and oxygen atoms in total. The Balaban J connectivity index is 2.21. The van der Waals surface area contributed by atoms with Crippen LogP contribution in [0.1, 0.15) is 6.92 Å². The Kier molecular flexibility index (Phi) is 3.54. The summed E-state index contributed by atoms with van der Waals surface area (Å²) in [6.45, 7) is 2.93. The Bertz CT molecular complexity index is 536. The Morgan fingerprint density at radius 2 is 2.24 bits per heavy atom. The lowest BCUT2D eigenvalue weighted by Crippen LogP contribution is -2.08. The van der Waals surface area contributed by atoms with Gasteiger partial charge in [-0.1, -0.05) is 0 Å². The van der Waals surface area contributed by atoms with E-state index in [0.29, 0.717) is 5.75 Å². The lowest BCUT2D eigenvalue weighted by Gasteiger charge is -2.05. The number of aryl methyl sites for hydroxylation is 1. The van der Waals surface area contributed by atoms with Crippen LogP contribution in [-0.4, -0.2) is 16.4 Å². The standard InChI is InChI=1S/C12H12ClNO3/c1-2-14-6-5-9-3-4-10(7-11(9)14)16-17-12(15)8-13/h3-7H,2,8H2,1H3. The Morgan fingerprint density at radius 3 is 2.94 bits per heavy atom. The summed E-state index contributed by atoms with van der Waals surface area (Å²) in [4.78, 5) is 20.2. The highest BCUT2D eigenvalue weighted by Gasteiger charge is 2.05. The van der Waals surface area contributed by atoms with Gasteiger partial charge in [-0.05, 0) is 30.5 Å². The predicted molar refractivity (Wildman–Crippen MR) is 65.1 cm³/mol. The number of aromatic nitrogens is 1. The van der Waals surface area contributed by atoms with Gasteiger partial charge in [0.25, 0.3) is 0 Å². The molecule has 0 atom stereocenters. The van der Waals surface area contributed by atoms with E-state index >= 15 is 0 Å². The molecule has 0 aliphatic rings. The fourth-order valence-corrected chi connectivity index (χ4v) is 1.65. The monoisotopic (exact) mass is 253 g/mol. The molecule has 1 heterocycles. The highest BCUT2D eigenvalue weighted by atomic mass is 35.5. The molecule has 0 amide bonds. The Labute approximate surface area is 104 Å². The minimum Gasteiger partial charge on any atom is -0.348 e. The summed E-state index contributed by atoms with van der Waals surface area (Å²) in [5, 5.41) is 1.11. The van der Waals surface area contributed by atoms with Crippen molar-refractivity contribution in [3.8, 4) is 5.75 Å². The van der Waals surface area contributed by atoms with Crippen LogP contribution >= 0.6 is 11.6 Å². The number of fused-ring (bicyclic) bond motifs is 1. The molecule has 0 spiro atoms. The van der Waals surface area contributed by atoms with Crippen molar-refractivity contribution in [1.29, 1.82) is 0 Å². The molecule has 0 unspecified atom stereocenters. The van der Waals surface area contributed by atoms with Crippen molar-refractivity contribution in [3.63, 3.8) is 0 Å². The topological polar surface area (TPSA) is 40.5 Å². The van der Waals surface area contributed by atoms with E-state index in [1.807, 2.05) is 24.4 Å². The van der Waals surface area contributed by atoms with E-state index < -0.39 is 5.97 Å². The van der Waals surface area contributed by atoms with Crippen molar-refractivity contribution in [2.24, 2.45) is 0 Å². The SMILES string of the molecule is CCn1ccc2ccc(OOC(=O)CCl)cc21. The lowest BCUT2D eigenvalue weighted by molar-refractivity contribution is -0.210. The molecule has 90 valence electrons. The second kappa shape index (κ2) is 5.10. The van der Waals surface area contributed by atoms with E-state index in [2.05, 4.69) is 16.4 Å². The summed E-state index contributed by atoms with van der Waals surface area (Å²) < 4.78 is 2.07. The van der Waals surface area contributed by atoms with Gasteiger partial charge in [-0.2, -0.15) is 0 Å². The normalized spacial score (nSPS) is 10.5. The van der Waals surface area contributed by atoms with Gasteiger partial charge in [-0.15, -0.1) is 11.6 Å². The number of carbonyl (C=O) groups excluding carboxylic acids is 1. The molecule has 0 N–H and O–H groups in total. The molecule has 1 aromatic carbocycles. The van der Waals surface area contributed by atoms with Crippen molar-refractivity contribution in [2.75, 3.05) is 5.88 Å². The maximum atomic E-state index is 10.8. The van der Waals surface area contributed by atoms with Gasteiger partial charge in [-0.25, -0.2) is 9.68 Å². The van der Waals surface area contributed by atoms with Crippen LogP contribution in [0.3, 0.4) is 0 Å². The number of rotatable bonds is 4. The number of hydrogen-bond donors (Lipinski definition) is 0. The number of benzene rings is 1. The van der Waals surface area contributed by atoms with E-state index in [1.165, 1.54) is 0 Å². The van der Waals surface area contributed by atoms with Crippen LogP contribution in [0.5, 0.6) is 5.75 Å². The van der Waals surface area contributed by atoms with Gasteiger partial charge in [0.2, 0.25) is 0 Å². The molecule has 2 rings (SSSR count). The molecule has 2 aromatic rings. The first kappa shape index (κ1) is 11.8. The molecule has 5 heteroatoms. The van der Waals surface area contributed by atoms with Crippen molar-refractivity contribution < 1.29 is 14.6 Å². The van der Waals surface area contributed by atoms with Crippen molar-refractivity contribution >= 4 is 28.5 Å². The zero-order valence-corrected chi connectivity index (χ0v) is 10.1. The maximum absolute atomic E-state index is 10.8.